The van der Waals surface area contributed by atoms with Crippen LogP contribution in [0.5, 0.6) is 0 Å². The molecule has 0 radical (unpaired) electrons. The number of likely N-dealkylation sites (tertiary alicyclic amines) is 1. The van der Waals surface area contributed by atoms with Gasteiger partial charge in [-0.1, -0.05) is 29.1 Å². The third kappa shape index (κ3) is 5.47. The zero-order chi connectivity index (χ0) is 23.8. The normalized spacial score (nSPS) is 15.7. The largest absolute Gasteiger partial charge is 0.444 e. The number of sulfone groups is 1. The molecule has 1 saturated heterocycles. The Balaban J connectivity index is 1.47. The summed E-state index contributed by atoms with van der Waals surface area (Å²) in [5.74, 6) is 0. The van der Waals surface area contributed by atoms with Gasteiger partial charge in [-0.15, -0.1) is 0 Å². The monoisotopic (exact) mass is 490 g/mol. The van der Waals surface area contributed by atoms with Gasteiger partial charge < -0.3 is 14.2 Å². The number of carbonyl (C=O) groups is 1. The third-order valence-electron chi connectivity index (χ3n) is 5.15. The van der Waals surface area contributed by atoms with E-state index >= 15 is 0 Å². The van der Waals surface area contributed by atoms with Gasteiger partial charge >= 0.3 is 6.09 Å². The molecule has 0 bridgehead atoms. The van der Waals surface area contributed by atoms with Crippen molar-refractivity contribution in [2.75, 3.05) is 19.3 Å². The van der Waals surface area contributed by atoms with Crippen LogP contribution in [0.2, 0.25) is 0 Å². The Morgan fingerprint density at radius 1 is 1.15 bits per heavy atom. The molecule has 0 spiro atoms. The minimum atomic E-state index is -3.28. The number of hydrogen-bond donors (Lipinski definition) is 0. The first-order chi connectivity index (χ1) is 15.5. The number of rotatable bonds is 4. The summed E-state index contributed by atoms with van der Waals surface area (Å²) in [6.45, 7) is 6.82. The number of thioether (sulfide) groups is 1. The Bertz CT molecular complexity index is 1260. The van der Waals surface area contributed by atoms with Gasteiger partial charge in [-0.25, -0.2) is 23.2 Å². The van der Waals surface area contributed by atoms with Crippen LogP contribution in [0, 0.1) is 0 Å². The third-order valence-corrected chi connectivity index (χ3v) is 7.60. The molecule has 4 rings (SSSR count). The van der Waals surface area contributed by atoms with Crippen molar-refractivity contribution in [3.05, 3.63) is 30.6 Å². The predicted molar refractivity (Wildman–Crippen MR) is 125 cm³/mol. The van der Waals surface area contributed by atoms with E-state index in [1.807, 2.05) is 20.8 Å². The summed E-state index contributed by atoms with van der Waals surface area (Å²) >= 11 is 1.59. The second-order valence-corrected chi connectivity index (χ2v) is 12.3. The highest BCUT2D eigenvalue weighted by molar-refractivity contribution is 8.00. The molecule has 3 aromatic rings. The number of carbonyl (C=O) groups excluding carboxylic acids is 1. The lowest BCUT2D eigenvalue weighted by molar-refractivity contribution is 0.0219. The van der Waals surface area contributed by atoms with Crippen LogP contribution in [0.1, 0.15) is 33.6 Å². The van der Waals surface area contributed by atoms with Gasteiger partial charge in [0.1, 0.15) is 28.2 Å². The van der Waals surface area contributed by atoms with Gasteiger partial charge in [0.2, 0.25) is 5.58 Å². The van der Waals surface area contributed by atoms with Crippen LogP contribution in [0.3, 0.4) is 0 Å². The van der Waals surface area contributed by atoms with Crippen molar-refractivity contribution in [3.63, 3.8) is 0 Å². The number of benzene rings is 1. The molecule has 0 aliphatic carbocycles. The lowest BCUT2D eigenvalue weighted by atomic mass is 10.1. The second-order valence-electron chi connectivity index (χ2n) is 8.97. The molecule has 1 aromatic carbocycles. The Hall–Kier alpha value is -2.66. The minimum absolute atomic E-state index is 0.239. The highest BCUT2D eigenvalue weighted by Gasteiger charge is 2.28. The zero-order valence-electron chi connectivity index (χ0n) is 18.9. The number of piperidine rings is 1. The van der Waals surface area contributed by atoms with Crippen molar-refractivity contribution in [1.29, 1.82) is 0 Å². The van der Waals surface area contributed by atoms with Crippen LogP contribution in [-0.2, 0) is 14.6 Å². The maximum atomic E-state index is 12.3. The summed E-state index contributed by atoms with van der Waals surface area (Å²) in [4.78, 5) is 23.0. The summed E-state index contributed by atoms with van der Waals surface area (Å²) in [5, 5.41) is 5.14. The van der Waals surface area contributed by atoms with E-state index in [0.717, 1.165) is 12.8 Å². The van der Waals surface area contributed by atoms with Gasteiger partial charge in [-0.05, 0) is 45.7 Å². The second kappa shape index (κ2) is 8.94. The first-order valence-corrected chi connectivity index (χ1v) is 13.3. The lowest BCUT2D eigenvalue weighted by Crippen LogP contribution is -2.42. The molecule has 9 nitrogen and oxygen atoms in total. The minimum Gasteiger partial charge on any atom is -0.444 e. The average Bonchev–Trinajstić information content (AvgIpc) is 3.18. The zero-order valence-corrected chi connectivity index (χ0v) is 20.6. The number of fused-ring (bicyclic) bond motifs is 1. The van der Waals surface area contributed by atoms with Gasteiger partial charge in [0.15, 0.2) is 9.84 Å². The molecular weight excluding hydrogens is 464 g/mol. The standard InChI is InChI=1S/C22H26N4O5S2/c1-22(2,3)30-21(27)26-11-9-15(10-12-26)32-20-19-18(23-13-24-20)17(25-31-19)14-5-7-16(8-6-14)33(4,28)29/h5-8,13,15H,9-12H2,1-4H3. The van der Waals surface area contributed by atoms with Crippen LogP contribution < -0.4 is 0 Å². The van der Waals surface area contributed by atoms with E-state index in [-0.39, 0.29) is 16.2 Å². The molecule has 1 amide bonds. The van der Waals surface area contributed by atoms with E-state index in [1.54, 1.807) is 40.9 Å². The molecule has 0 N–H and O–H groups in total. The van der Waals surface area contributed by atoms with Crippen molar-refractivity contribution in [2.45, 2.75) is 54.4 Å². The molecule has 2 aromatic heterocycles. The lowest BCUT2D eigenvalue weighted by Gasteiger charge is -2.33. The maximum Gasteiger partial charge on any atom is 0.410 e. The summed E-state index contributed by atoms with van der Waals surface area (Å²) in [5.41, 5.74) is 1.81. The fourth-order valence-corrected chi connectivity index (χ4v) is 5.26. The van der Waals surface area contributed by atoms with E-state index in [9.17, 15) is 13.2 Å². The van der Waals surface area contributed by atoms with Crippen LogP contribution in [-0.4, -0.2) is 64.7 Å². The summed E-state index contributed by atoms with van der Waals surface area (Å²) in [6.07, 6.45) is 3.98. The molecule has 1 aliphatic heterocycles. The number of nitrogens with zero attached hydrogens (tertiary/aromatic N) is 4. The fourth-order valence-electron chi connectivity index (χ4n) is 3.52. The topological polar surface area (TPSA) is 115 Å². The smallest absolute Gasteiger partial charge is 0.410 e. The van der Waals surface area contributed by atoms with Crippen molar-refractivity contribution < 1.29 is 22.5 Å². The van der Waals surface area contributed by atoms with Crippen molar-refractivity contribution in [1.82, 2.24) is 20.0 Å². The van der Waals surface area contributed by atoms with Crippen LogP contribution in [0.4, 0.5) is 4.79 Å². The number of hydrogen-bond acceptors (Lipinski definition) is 9. The Kier molecular flexibility index (Phi) is 6.37. The van der Waals surface area contributed by atoms with Crippen molar-refractivity contribution >= 4 is 38.8 Å². The number of amides is 1. The molecule has 11 heteroatoms. The molecular formula is C22H26N4O5S2. The first-order valence-electron chi connectivity index (χ1n) is 10.6. The highest BCUT2D eigenvalue weighted by Crippen LogP contribution is 2.36. The summed E-state index contributed by atoms with van der Waals surface area (Å²) in [6, 6.07) is 6.46. The quantitative estimate of drug-likeness (QED) is 0.497. The molecule has 1 fully saturated rings. The first kappa shape index (κ1) is 23.5. The Labute approximate surface area is 196 Å². The Morgan fingerprint density at radius 2 is 1.82 bits per heavy atom. The molecule has 0 atom stereocenters. The summed E-state index contributed by atoms with van der Waals surface area (Å²) < 4.78 is 34.5. The molecule has 0 saturated carbocycles. The molecule has 3 heterocycles. The molecule has 33 heavy (non-hydrogen) atoms. The van der Waals surface area contributed by atoms with Gasteiger partial charge in [-0.3, -0.25) is 0 Å². The highest BCUT2D eigenvalue weighted by atomic mass is 32.2. The Morgan fingerprint density at radius 3 is 2.42 bits per heavy atom. The average molecular weight is 491 g/mol. The fraction of sp³-hybridized carbons (Fsp3) is 0.455. The van der Waals surface area contributed by atoms with E-state index < -0.39 is 15.4 Å². The summed E-state index contributed by atoms with van der Waals surface area (Å²) in [7, 11) is -3.28. The van der Waals surface area contributed by atoms with Crippen molar-refractivity contribution in [3.8, 4) is 11.3 Å². The molecule has 0 unspecified atom stereocenters. The van der Waals surface area contributed by atoms with E-state index in [2.05, 4.69) is 15.1 Å². The molecule has 176 valence electrons. The van der Waals surface area contributed by atoms with E-state index in [4.69, 9.17) is 9.26 Å². The number of aromatic nitrogens is 3. The van der Waals surface area contributed by atoms with Gasteiger partial charge in [-0.2, -0.15) is 0 Å². The van der Waals surface area contributed by atoms with Crippen molar-refractivity contribution in [2.24, 2.45) is 0 Å². The van der Waals surface area contributed by atoms with E-state index in [1.165, 1.54) is 12.6 Å². The predicted octanol–water partition coefficient (Wildman–Crippen LogP) is 4.18. The number of ether oxygens (including phenoxy) is 1. The van der Waals surface area contributed by atoms with E-state index in [0.29, 0.717) is 40.5 Å². The SMILES string of the molecule is CC(C)(C)OC(=O)N1CCC(Sc2ncnc3c(-c4ccc(S(C)(=O)=O)cc4)noc23)CC1. The van der Waals surface area contributed by atoms with Crippen LogP contribution in [0.15, 0.2) is 45.0 Å². The molecule has 1 aliphatic rings. The van der Waals surface area contributed by atoms with Gasteiger partial charge in [0.05, 0.1) is 4.90 Å². The van der Waals surface area contributed by atoms with Gasteiger partial charge in [0.25, 0.3) is 0 Å². The van der Waals surface area contributed by atoms with Gasteiger partial charge in [0, 0.05) is 30.2 Å². The maximum absolute atomic E-state index is 12.3. The van der Waals surface area contributed by atoms with Crippen LogP contribution in [0.25, 0.3) is 22.4 Å². The van der Waals surface area contributed by atoms with Crippen LogP contribution >= 0.6 is 11.8 Å².